The van der Waals surface area contributed by atoms with Gasteiger partial charge in [-0.1, -0.05) is 11.6 Å². The molecule has 1 aliphatic rings. The van der Waals surface area contributed by atoms with Gasteiger partial charge in [0.25, 0.3) is 0 Å². The van der Waals surface area contributed by atoms with E-state index >= 15 is 0 Å². The number of hydrogen-bond donors (Lipinski definition) is 1. The number of carboxylic acids is 1. The third-order valence-electron chi connectivity index (χ3n) is 3.18. The molecule has 0 saturated carbocycles. The molecule has 1 atom stereocenters. The van der Waals surface area contributed by atoms with Gasteiger partial charge < -0.3 is 14.7 Å². The van der Waals surface area contributed by atoms with Crippen LogP contribution in [0, 0.1) is 0 Å². The van der Waals surface area contributed by atoms with Gasteiger partial charge in [-0.25, -0.2) is 0 Å². The summed E-state index contributed by atoms with van der Waals surface area (Å²) in [6.45, 7) is 4.58. The number of anilines is 1. The summed E-state index contributed by atoms with van der Waals surface area (Å²) in [5.74, 6) is -1.41. The largest absolute Gasteiger partial charge is 0.481 e. The molecule has 1 saturated heterocycles. The van der Waals surface area contributed by atoms with Crippen LogP contribution in [0.2, 0.25) is 5.02 Å². The fourth-order valence-electron chi connectivity index (χ4n) is 2.10. The van der Waals surface area contributed by atoms with Crippen molar-refractivity contribution in [3.05, 3.63) is 28.8 Å². The van der Waals surface area contributed by atoms with E-state index in [2.05, 4.69) is 4.90 Å². The standard InChI is InChI=1S/C13H16ClNO3/c1-9(13(16)17)11-8-10(14)2-3-12(11)15-4-6-18-7-5-15/h2-3,8-9H,4-7H2,1H3,(H,16,17). The number of carboxylic acid groups (broad SMARTS) is 1. The predicted molar refractivity (Wildman–Crippen MR) is 70.5 cm³/mol. The Kier molecular flexibility index (Phi) is 4.09. The van der Waals surface area contributed by atoms with Crippen LogP contribution >= 0.6 is 11.6 Å². The van der Waals surface area contributed by atoms with Gasteiger partial charge in [0.15, 0.2) is 0 Å². The molecule has 98 valence electrons. The lowest BCUT2D eigenvalue weighted by Crippen LogP contribution is -2.37. The first kappa shape index (κ1) is 13.2. The molecular formula is C13H16ClNO3. The number of nitrogens with zero attached hydrogens (tertiary/aromatic N) is 1. The Hall–Kier alpha value is -1.26. The van der Waals surface area contributed by atoms with Crippen LogP contribution < -0.4 is 4.90 Å². The fraction of sp³-hybridized carbons (Fsp3) is 0.462. The SMILES string of the molecule is CC(C(=O)O)c1cc(Cl)ccc1N1CCOCC1. The summed E-state index contributed by atoms with van der Waals surface area (Å²) in [6.07, 6.45) is 0. The van der Waals surface area contributed by atoms with Crippen molar-refractivity contribution in [2.24, 2.45) is 0 Å². The first-order valence-electron chi connectivity index (χ1n) is 5.94. The molecule has 1 aliphatic heterocycles. The van der Waals surface area contributed by atoms with E-state index in [1.165, 1.54) is 0 Å². The third kappa shape index (κ3) is 2.76. The van der Waals surface area contributed by atoms with E-state index in [4.69, 9.17) is 21.4 Å². The molecule has 1 aromatic carbocycles. The van der Waals surface area contributed by atoms with Crippen LogP contribution in [-0.2, 0) is 9.53 Å². The van der Waals surface area contributed by atoms with Crippen molar-refractivity contribution in [1.29, 1.82) is 0 Å². The highest BCUT2D eigenvalue weighted by atomic mass is 35.5. The van der Waals surface area contributed by atoms with Crippen molar-refractivity contribution in [3.63, 3.8) is 0 Å². The van der Waals surface area contributed by atoms with Crippen LogP contribution in [0.25, 0.3) is 0 Å². The summed E-state index contributed by atoms with van der Waals surface area (Å²) in [7, 11) is 0. The summed E-state index contributed by atoms with van der Waals surface area (Å²) < 4.78 is 5.31. The average molecular weight is 270 g/mol. The fourth-order valence-corrected chi connectivity index (χ4v) is 2.28. The quantitative estimate of drug-likeness (QED) is 0.915. The molecule has 18 heavy (non-hydrogen) atoms. The van der Waals surface area contributed by atoms with Gasteiger partial charge in [0.1, 0.15) is 0 Å². The lowest BCUT2D eigenvalue weighted by Gasteiger charge is -2.31. The maximum Gasteiger partial charge on any atom is 0.310 e. The number of ether oxygens (including phenoxy) is 1. The monoisotopic (exact) mass is 269 g/mol. The Morgan fingerprint density at radius 1 is 1.44 bits per heavy atom. The maximum absolute atomic E-state index is 11.2. The predicted octanol–water partition coefficient (Wildman–Crippen LogP) is 2.36. The van der Waals surface area contributed by atoms with E-state index in [1.54, 1.807) is 19.1 Å². The molecule has 1 unspecified atom stereocenters. The molecule has 0 aromatic heterocycles. The molecule has 1 N–H and O–H groups in total. The Morgan fingerprint density at radius 2 is 2.11 bits per heavy atom. The number of benzene rings is 1. The van der Waals surface area contributed by atoms with Crippen molar-refractivity contribution in [2.45, 2.75) is 12.8 Å². The number of morpholine rings is 1. The molecule has 0 aliphatic carbocycles. The first-order valence-corrected chi connectivity index (χ1v) is 6.32. The van der Waals surface area contributed by atoms with Crippen LogP contribution in [0.1, 0.15) is 18.4 Å². The molecule has 0 spiro atoms. The van der Waals surface area contributed by atoms with E-state index in [1.807, 2.05) is 6.07 Å². The molecule has 1 heterocycles. The van der Waals surface area contributed by atoms with Crippen molar-refractivity contribution in [1.82, 2.24) is 0 Å². The first-order chi connectivity index (χ1) is 8.59. The Balaban J connectivity index is 2.36. The Morgan fingerprint density at radius 3 is 2.72 bits per heavy atom. The van der Waals surface area contributed by atoms with Crippen molar-refractivity contribution >= 4 is 23.3 Å². The minimum Gasteiger partial charge on any atom is -0.481 e. The maximum atomic E-state index is 11.2. The molecule has 2 rings (SSSR count). The zero-order valence-electron chi connectivity index (χ0n) is 10.2. The highest BCUT2D eigenvalue weighted by Crippen LogP contribution is 2.31. The lowest BCUT2D eigenvalue weighted by molar-refractivity contribution is -0.138. The smallest absolute Gasteiger partial charge is 0.310 e. The van der Waals surface area contributed by atoms with E-state index < -0.39 is 11.9 Å². The lowest BCUT2D eigenvalue weighted by atomic mass is 9.98. The summed E-state index contributed by atoms with van der Waals surface area (Å²) in [4.78, 5) is 13.3. The van der Waals surface area contributed by atoms with Gasteiger partial charge >= 0.3 is 5.97 Å². The summed E-state index contributed by atoms with van der Waals surface area (Å²) in [6, 6.07) is 5.43. The van der Waals surface area contributed by atoms with Crippen LogP contribution in [0.15, 0.2) is 18.2 Å². The van der Waals surface area contributed by atoms with Gasteiger partial charge in [-0.3, -0.25) is 4.79 Å². The van der Waals surface area contributed by atoms with Gasteiger partial charge in [0.2, 0.25) is 0 Å². The molecule has 0 amide bonds. The van der Waals surface area contributed by atoms with Gasteiger partial charge in [-0.05, 0) is 30.7 Å². The second kappa shape index (κ2) is 5.59. The highest BCUT2D eigenvalue weighted by Gasteiger charge is 2.22. The zero-order chi connectivity index (χ0) is 13.1. The van der Waals surface area contributed by atoms with Gasteiger partial charge in [0.05, 0.1) is 19.1 Å². The molecule has 1 aromatic rings. The topological polar surface area (TPSA) is 49.8 Å². The van der Waals surface area contributed by atoms with E-state index in [9.17, 15) is 4.79 Å². The molecule has 0 bridgehead atoms. The Bertz CT molecular complexity index is 444. The highest BCUT2D eigenvalue weighted by molar-refractivity contribution is 6.30. The average Bonchev–Trinajstić information content (AvgIpc) is 2.38. The zero-order valence-corrected chi connectivity index (χ0v) is 11.0. The normalized spacial score (nSPS) is 17.6. The van der Waals surface area contributed by atoms with E-state index in [-0.39, 0.29) is 0 Å². The van der Waals surface area contributed by atoms with Crippen LogP contribution in [-0.4, -0.2) is 37.4 Å². The molecule has 4 nitrogen and oxygen atoms in total. The van der Waals surface area contributed by atoms with E-state index in [0.717, 1.165) is 24.3 Å². The van der Waals surface area contributed by atoms with Gasteiger partial charge in [-0.15, -0.1) is 0 Å². The Labute approximate surface area is 111 Å². The number of hydrogen-bond acceptors (Lipinski definition) is 3. The molecular weight excluding hydrogens is 254 g/mol. The second-order valence-corrected chi connectivity index (χ2v) is 4.80. The van der Waals surface area contributed by atoms with Crippen LogP contribution in [0.3, 0.4) is 0 Å². The summed E-state index contributed by atoms with van der Waals surface area (Å²) in [5.41, 5.74) is 1.70. The van der Waals surface area contributed by atoms with E-state index in [0.29, 0.717) is 18.2 Å². The summed E-state index contributed by atoms with van der Waals surface area (Å²) >= 11 is 5.97. The minimum absolute atomic E-state index is 0.565. The minimum atomic E-state index is -0.841. The second-order valence-electron chi connectivity index (χ2n) is 4.36. The molecule has 1 fully saturated rings. The third-order valence-corrected chi connectivity index (χ3v) is 3.41. The molecule has 5 heteroatoms. The van der Waals surface area contributed by atoms with Gasteiger partial charge in [0, 0.05) is 23.8 Å². The number of aliphatic carboxylic acids is 1. The van der Waals surface area contributed by atoms with Gasteiger partial charge in [-0.2, -0.15) is 0 Å². The van der Waals surface area contributed by atoms with Crippen molar-refractivity contribution < 1.29 is 14.6 Å². The number of carbonyl (C=O) groups is 1. The van der Waals surface area contributed by atoms with Crippen molar-refractivity contribution in [3.8, 4) is 0 Å². The number of rotatable bonds is 3. The van der Waals surface area contributed by atoms with Crippen LogP contribution in [0.4, 0.5) is 5.69 Å². The molecule has 0 radical (unpaired) electrons. The van der Waals surface area contributed by atoms with Crippen molar-refractivity contribution in [2.75, 3.05) is 31.2 Å². The summed E-state index contributed by atoms with van der Waals surface area (Å²) in [5, 5.41) is 9.73. The number of halogens is 1. The van der Waals surface area contributed by atoms with Crippen LogP contribution in [0.5, 0.6) is 0 Å².